The predicted octanol–water partition coefficient (Wildman–Crippen LogP) is 3.97. The molecule has 0 aromatic heterocycles. The number of hydrogen-bond acceptors (Lipinski definition) is 4. The summed E-state index contributed by atoms with van der Waals surface area (Å²) in [7, 11) is 0. The van der Waals surface area contributed by atoms with E-state index in [1.165, 1.54) is 11.8 Å². The number of carbonyl (C=O) groups is 3. The molecule has 6 nitrogen and oxygen atoms in total. The number of nitrogens with one attached hydrogen (secondary N) is 1. The molecule has 1 N–H and O–H groups in total. The SMILES string of the molecule is CC(=O)Nc1ccc(C2=C(N3CCCC(C)C3)C(=O)N(Cc3ccc(C)cc3)C2=O)cc1. The second-order valence-electron chi connectivity index (χ2n) is 8.86. The van der Waals surface area contributed by atoms with E-state index < -0.39 is 0 Å². The highest BCUT2D eigenvalue weighted by Crippen LogP contribution is 2.35. The molecule has 0 saturated carbocycles. The Labute approximate surface area is 188 Å². The molecule has 6 heteroatoms. The predicted molar refractivity (Wildman–Crippen MR) is 124 cm³/mol. The van der Waals surface area contributed by atoms with Crippen LogP contribution in [0.1, 0.15) is 43.4 Å². The summed E-state index contributed by atoms with van der Waals surface area (Å²) in [5.74, 6) is -0.188. The molecule has 2 heterocycles. The van der Waals surface area contributed by atoms with Crippen LogP contribution >= 0.6 is 0 Å². The van der Waals surface area contributed by atoms with E-state index in [0.717, 1.165) is 37.1 Å². The Balaban J connectivity index is 1.70. The Hall–Kier alpha value is -3.41. The molecule has 2 aliphatic rings. The van der Waals surface area contributed by atoms with E-state index in [1.807, 2.05) is 31.2 Å². The van der Waals surface area contributed by atoms with E-state index >= 15 is 0 Å². The zero-order valence-corrected chi connectivity index (χ0v) is 18.9. The smallest absolute Gasteiger partial charge is 0.278 e. The number of aryl methyl sites for hydroxylation is 1. The zero-order valence-electron chi connectivity index (χ0n) is 18.9. The van der Waals surface area contributed by atoms with E-state index in [2.05, 4.69) is 17.1 Å². The van der Waals surface area contributed by atoms with E-state index in [0.29, 0.717) is 28.4 Å². The molecule has 0 bridgehead atoms. The third-order valence-electron chi connectivity index (χ3n) is 6.07. The molecule has 0 spiro atoms. The number of rotatable bonds is 5. The summed E-state index contributed by atoms with van der Waals surface area (Å²) >= 11 is 0. The normalized spacial score (nSPS) is 19.0. The van der Waals surface area contributed by atoms with Crippen molar-refractivity contribution in [3.63, 3.8) is 0 Å². The van der Waals surface area contributed by atoms with Gasteiger partial charge in [-0.2, -0.15) is 0 Å². The lowest BCUT2D eigenvalue weighted by molar-refractivity contribution is -0.138. The first-order valence-electron chi connectivity index (χ1n) is 11.1. The van der Waals surface area contributed by atoms with Crippen LogP contribution in [-0.4, -0.2) is 40.6 Å². The van der Waals surface area contributed by atoms with Crippen molar-refractivity contribution >= 4 is 29.0 Å². The molecule has 166 valence electrons. The van der Waals surface area contributed by atoms with Crippen LogP contribution in [0.15, 0.2) is 54.2 Å². The molecule has 0 radical (unpaired) electrons. The number of likely N-dealkylation sites (tertiary alicyclic amines) is 1. The van der Waals surface area contributed by atoms with Crippen molar-refractivity contribution in [2.24, 2.45) is 5.92 Å². The number of carbonyl (C=O) groups excluding carboxylic acids is 3. The van der Waals surface area contributed by atoms with Crippen LogP contribution in [0, 0.1) is 12.8 Å². The summed E-state index contributed by atoms with van der Waals surface area (Å²) in [4.78, 5) is 41.9. The summed E-state index contributed by atoms with van der Waals surface area (Å²) in [5.41, 5.74) is 4.35. The maximum absolute atomic E-state index is 13.5. The van der Waals surface area contributed by atoms with Gasteiger partial charge in [0, 0.05) is 25.7 Å². The van der Waals surface area contributed by atoms with Gasteiger partial charge in [-0.05, 0) is 48.9 Å². The van der Waals surface area contributed by atoms with Gasteiger partial charge in [-0.1, -0.05) is 48.9 Å². The van der Waals surface area contributed by atoms with Crippen LogP contribution in [0.4, 0.5) is 5.69 Å². The van der Waals surface area contributed by atoms with E-state index in [4.69, 9.17) is 0 Å². The Kier molecular flexibility index (Phi) is 6.12. The third-order valence-corrected chi connectivity index (χ3v) is 6.07. The Morgan fingerprint density at radius 3 is 2.34 bits per heavy atom. The lowest BCUT2D eigenvalue weighted by Crippen LogP contribution is -2.39. The fourth-order valence-corrected chi connectivity index (χ4v) is 4.45. The molecule has 2 aromatic rings. The van der Waals surface area contributed by atoms with Crippen LogP contribution in [0.3, 0.4) is 0 Å². The van der Waals surface area contributed by atoms with Gasteiger partial charge in [0.05, 0.1) is 12.1 Å². The maximum atomic E-state index is 13.5. The fourth-order valence-electron chi connectivity index (χ4n) is 4.45. The number of benzene rings is 2. The molecule has 32 heavy (non-hydrogen) atoms. The minimum atomic E-state index is -0.268. The Bertz CT molecular complexity index is 1070. The first kappa shape index (κ1) is 21.8. The summed E-state index contributed by atoms with van der Waals surface area (Å²) in [6, 6.07) is 15.0. The van der Waals surface area contributed by atoms with Crippen molar-refractivity contribution in [3.05, 3.63) is 70.9 Å². The van der Waals surface area contributed by atoms with Gasteiger partial charge in [0.2, 0.25) is 5.91 Å². The molecule has 1 fully saturated rings. The van der Waals surface area contributed by atoms with Gasteiger partial charge in [-0.3, -0.25) is 19.3 Å². The molecule has 0 aliphatic carbocycles. The van der Waals surface area contributed by atoms with Crippen molar-refractivity contribution in [1.82, 2.24) is 9.80 Å². The first-order chi connectivity index (χ1) is 15.3. The van der Waals surface area contributed by atoms with Crippen LogP contribution in [0.2, 0.25) is 0 Å². The maximum Gasteiger partial charge on any atom is 0.278 e. The third kappa shape index (κ3) is 4.44. The average Bonchev–Trinajstić information content (AvgIpc) is 3.00. The second-order valence-corrected chi connectivity index (χ2v) is 8.86. The number of hydrogen-bond donors (Lipinski definition) is 1. The van der Waals surface area contributed by atoms with Crippen LogP contribution in [0.5, 0.6) is 0 Å². The lowest BCUT2D eigenvalue weighted by Gasteiger charge is -2.33. The highest BCUT2D eigenvalue weighted by atomic mass is 16.2. The van der Waals surface area contributed by atoms with Crippen molar-refractivity contribution < 1.29 is 14.4 Å². The number of piperidine rings is 1. The number of nitrogens with zero attached hydrogens (tertiary/aromatic N) is 2. The summed E-state index contributed by atoms with van der Waals surface area (Å²) in [6.07, 6.45) is 2.12. The number of imide groups is 1. The second kappa shape index (κ2) is 8.99. The molecule has 2 aromatic carbocycles. The topological polar surface area (TPSA) is 69.7 Å². The molecule has 4 rings (SSSR count). The highest BCUT2D eigenvalue weighted by molar-refractivity contribution is 6.35. The molecule has 3 amide bonds. The summed E-state index contributed by atoms with van der Waals surface area (Å²) in [5, 5.41) is 2.74. The van der Waals surface area contributed by atoms with Gasteiger partial charge in [0.25, 0.3) is 11.8 Å². The fraction of sp³-hybridized carbons (Fsp3) is 0.346. The Morgan fingerprint density at radius 1 is 1.03 bits per heavy atom. The number of amides is 3. The zero-order chi connectivity index (χ0) is 22.8. The lowest BCUT2D eigenvalue weighted by atomic mass is 9.97. The molecular formula is C26H29N3O3. The van der Waals surface area contributed by atoms with Gasteiger partial charge < -0.3 is 10.2 Å². The minimum Gasteiger partial charge on any atom is -0.366 e. The molecule has 2 aliphatic heterocycles. The summed E-state index contributed by atoms with van der Waals surface area (Å²) in [6.45, 7) is 7.42. The molecular weight excluding hydrogens is 402 g/mol. The van der Waals surface area contributed by atoms with Crippen LogP contribution in [-0.2, 0) is 20.9 Å². The molecule has 1 atom stereocenters. The van der Waals surface area contributed by atoms with Gasteiger partial charge in [0.1, 0.15) is 5.70 Å². The first-order valence-corrected chi connectivity index (χ1v) is 11.1. The van der Waals surface area contributed by atoms with Crippen molar-refractivity contribution in [3.8, 4) is 0 Å². The largest absolute Gasteiger partial charge is 0.366 e. The average molecular weight is 432 g/mol. The van der Waals surface area contributed by atoms with Crippen LogP contribution in [0.25, 0.3) is 5.57 Å². The number of anilines is 1. The van der Waals surface area contributed by atoms with Crippen molar-refractivity contribution in [2.75, 3.05) is 18.4 Å². The molecule has 1 unspecified atom stereocenters. The Morgan fingerprint density at radius 2 is 1.72 bits per heavy atom. The van der Waals surface area contributed by atoms with E-state index in [1.54, 1.807) is 24.3 Å². The van der Waals surface area contributed by atoms with E-state index in [-0.39, 0.29) is 24.3 Å². The summed E-state index contributed by atoms with van der Waals surface area (Å²) < 4.78 is 0. The minimum absolute atomic E-state index is 0.156. The van der Waals surface area contributed by atoms with E-state index in [9.17, 15) is 14.4 Å². The quantitative estimate of drug-likeness (QED) is 0.728. The monoisotopic (exact) mass is 431 g/mol. The van der Waals surface area contributed by atoms with Gasteiger partial charge in [0.15, 0.2) is 0 Å². The van der Waals surface area contributed by atoms with Crippen molar-refractivity contribution in [1.29, 1.82) is 0 Å². The highest BCUT2D eigenvalue weighted by Gasteiger charge is 2.42. The van der Waals surface area contributed by atoms with Gasteiger partial charge >= 0.3 is 0 Å². The van der Waals surface area contributed by atoms with Crippen molar-refractivity contribution in [2.45, 2.75) is 40.2 Å². The van der Waals surface area contributed by atoms with Gasteiger partial charge in [-0.25, -0.2) is 0 Å². The van der Waals surface area contributed by atoms with Gasteiger partial charge in [-0.15, -0.1) is 0 Å². The van der Waals surface area contributed by atoms with Crippen LogP contribution < -0.4 is 5.32 Å². The molecule has 1 saturated heterocycles. The standard InChI is InChI=1S/C26H29N3O3/c1-17-6-8-20(9-7-17)16-29-25(31)23(21-10-12-22(13-11-21)27-19(3)30)24(26(29)32)28-14-4-5-18(2)15-28/h6-13,18H,4-5,14-16H2,1-3H3,(H,27,30).